The normalized spacial score (nSPS) is 23.7. The standard InChI is InChI=1S/C18H23N3O2/c22-17-11-14-7-3-9-16(14)19-21(17)12-15-8-4-10-20(15)18(23)13-5-1-2-6-13/h1-2,11,13,15H,3-10,12H2. The highest BCUT2D eigenvalue weighted by molar-refractivity contribution is 5.80. The van der Waals surface area contributed by atoms with Crippen molar-refractivity contribution >= 4 is 5.91 Å². The van der Waals surface area contributed by atoms with Crippen molar-refractivity contribution in [3.05, 3.63) is 39.8 Å². The molecule has 0 radical (unpaired) electrons. The molecule has 1 saturated heterocycles. The summed E-state index contributed by atoms with van der Waals surface area (Å²) in [7, 11) is 0. The maximum absolute atomic E-state index is 12.7. The highest BCUT2D eigenvalue weighted by atomic mass is 16.2. The molecule has 5 nitrogen and oxygen atoms in total. The first-order valence-corrected chi connectivity index (χ1v) is 8.78. The molecule has 23 heavy (non-hydrogen) atoms. The van der Waals surface area contributed by atoms with E-state index in [0.29, 0.717) is 6.54 Å². The van der Waals surface area contributed by atoms with E-state index >= 15 is 0 Å². The van der Waals surface area contributed by atoms with Crippen molar-refractivity contribution in [2.24, 2.45) is 5.92 Å². The van der Waals surface area contributed by atoms with Crippen LogP contribution in [0, 0.1) is 5.92 Å². The summed E-state index contributed by atoms with van der Waals surface area (Å²) >= 11 is 0. The molecule has 1 atom stereocenters. The molecule has 2 heterocycles. The van der Waals surface area contributed by atoms with E-state index in [-0.39, 0.29) is 23.4 Å². The minimum absolute atomic E-state index is 0.0208. The van der Waals surface area contributed by atoms with E-state index in [2.05, 4.69) is 17.3 Å². The van der Waals surface area contributed by atoms with Crippen LogP contribution in [0.3, 0.4) is 0 Å². The van der Waals surface area contributed by atoms with Gasteiger partial charge in [-0.15, -0.1) is 0 Å². The van der Waals surface area contributed by atoms with Gasteiger partial charge in [0.15, 0.2) is 0 Å². The summed E-state index contributed by atoms with van der Waals surface area (Å²) in [5.74, 6) is 0.368. The molecule has 0 saturated carbocycles. The van der Waals surface area contributed by atoms with Crippen LogP contribution in [-0.2, 0) is 24.2 Å². The third-order valence-corrected chi connectivity index (χ3v) is 5.42. The second-order valence-corrected chi connectivity index (χ2v) is 6.96. The molecule has 0 bridgehead atoms. The Bertz CT molecular complexity index is 699. The van der Waals surface area contributed by atoms with Gasteiger partial charge in [0.05, 0.1) is 18.3 Å². The Hall–Kier alpha value is -1.91. The number of likely N-dealkylation sites (tertiary alicyclic amines) is 1. The predicted octanol–water partition coefficient (Wildman–Crippen LogP) is 1.69. The van der Waals surface area contributed by atoms with Crippen LogP contribution in [0.4, 0.5) is 0 Å². The fourth-order valence-electron chi connectivity index (χ4n) is 4.14. The molecular formula is C18H23N3O2. The molecule has 1 amide bonds. The SMILES string of the molecule is O=C(C1CC=CC1)N1CCCC1Cn1nc2c(cc1=O)CCC2. The summed E-state index contributed by atoms with van der Waals surface area (Å²) in [5, 5.41) is 4.56. The van der Waals surface area contributed by atoms with Crippen molar-refractivity contribution in [3.63, 3.8) is 0 Å². The number of amides is 1. The molecule has 1 unspecified atom stereocenters. The minimum atomic E-state index is -0.0208. The molecule has 1 aromatic rings. The lowest BCUT2D eigenvalue weighted by atomic mass is 10.1. The van der Waals surface area contributed by atoms with E-state index in [9.17, 15) is 9.59 Å². The van der Waals surface area contributed by atoms with Crippen LogP contribution in [0.2, 0.25) is 0 Å². The minimum Gasteiger partial charge on any atom is -0.338 e. The van der Waals surface area contributed by atoms with Crippen molar-refractivity contribution < 1.29 is 4.79 Å². The quantitative estimate of drug-likeness (QED) is 0.798. The molecule has 1 aromatic heterocycles. The summed E-state index contributed by atoms with van der Waals surface area (Å²) in [6.45, 7) is 1.36. The Morgan fingerprint density at radius 2 is 2.04 bits per heavy atom. The fraction of sp³-hybridized carbons (Fsp3) is 0.611. The first-order valence-electron chi connectivity index (χ1n) is 8.78. The third kappa shape index (κ3) is 2.73. The second-order valence-electron chi connectivity index (χ2n) is 6.96. The Labute approximate surface area is 136 Å². The van der Waals surface area contributed by atoms with Gasteiger partial charge in [-0.25, -0.2) is 4.68 Å². The number of aromatic nitrogens is 2. The zero-order valence-electron chi connectivity index (χ0n) is 13.4. The van der Waals surface area contributed by atoms with Crippen LogP contribution in [0.5, 0.6) is 0 Å². The number of carbonyl (C=O) groups excluding carboxylic acids is 1. The zero-order valence-corrected chi connectivity index (χ0v) is 13.4. The molecule has 1 fully saturated rings. The summed E-state index contributed by atoms with van der Waals surface area (Å²) in [6.07, 6.45) is 10.9. The summed E-state index contributed by atoms with van der Waals surface area (Å²) in [5.41, 5.74) is 2.16. The maximum Gasteiger partial charge on any atom is 0.267 e. The molecule has 122 valence electrons. The van der Waals surface area contributed by atoms with Crippen LogP contribution in [0.1, 0.15) is 43.4 Å². The van der Waals surface area contributed by atoms with Gasteiger partial charge >= 0.3 is 0 Å². The van der Waals surface area contributed by atoms with Crippen molar-refractivity contribution in [2.75, 3.05) is 6.54 Å². The van der Waals surface area contributed by atoms with E-state index in [0.717, 1.165) is 62.7 Å². The van der Waals surface area contributed by atoms with Gasteiger partial charge in [0, 0.05) is 18.5 Å². The fourth-order valence-corrected chi connectivity index (χ4v) is 4.14. The number of fused-ring (bicyclic) bond motifs is 1. The van der Waals surface area contributed by atoms with Gasteiger partial charge in [0.25, 0.3) is 5.56 Å². The third-order valence-electron chi connectivity index (χ3n) is 5.42. The van der Waals surface area contributed by atoms with Gasteiger partial charge < -0.3 is 4.90 Å². The average Bonchev–Trinajstić information content (AvgIpc) is 3.28. The number of allylic oxidation sites excluding steroid dienone is 2. The van der Waals surface area contributed by atoms with Gasteiger partial charge in [-0.1, -0.05) is 12.2 Å². The number of hydrogen-bond acceptors (Lipinski definition) is 3. The highest BCUT2D eigenvalue weighted by Gasteiger charge is 2.33. The van der Waals surface area contributed by atoms with Crippen molar-refractivity contribution in [1.82, 2.24) is 14.7 Å². The highest BCUT2D eigenvalue weighted by Crippen LogP contribution is 2.26. The smallest absolute Gasteiger partial charge is 0.267 e. The largest absolute Gasteiger partial charge is 0.338 e. The molecule has 3 aliphatic rings. The van der Waals surface area contributed by atoms with Crippen LogP contribution in [0.15, 0.2) is 23.0 Å². The summed E-state index contributed by atoms with van der Waals surface area (Å²) in [4.78, 5) is 27.0. The second kappa shape index (κ2) is 5.95. The lowest BCUT2D eigenvalue weighted by Crippen LogP contribution is -2.43. The lowest BCUT2D eigenvalue weighted by molar-refractivity contribution is -0.136. The van der Waals surface area contributed by atoms with Crippen LogP contribution >= 0.6 is 0 Å². The van der Waals surface area contributed by atoms with Crippen molar-refractivity contribution in [1.29, 1.82) is 0 Å². The number of carbonyl (C=O) groups is 1. The number of aryl methyl sites for hydroxylation is 2. The molecule has 0 N–H and O–H groups in total. The molecule has 1 aliphatic heterocycles. The van der Waals surface area contributed by atoms with Crippen LogP contribution in [-0.4, -0.2) is 33.2 Å². The average molecular weight is 313 g/mol. The van der Waals surface area contributed by atoms with Gasteiger partial charge in [-0.05, 0) is 50.5 Å². The molecule has 0 spiro atoms. The maximum atomic E-state index is 12.7. The Kier molecular flexibility index (Phi) is 3.79. The predicted molar refractivity (Wildman–Crippen MR) is 87.1 cm³/mol. The van der Waals surface area contributed by atoms with Gasteiger partial charge in [0.1, 0.15) is 0 Å². The Morgan fingerprint density at radius 3 is 2.87 bits per heavy atom. The number of rotatable bonds is 3. The first kappa shape index (κ1) is 14.7. The molecule has 0 aromatic carbocycles. The molecule has 2 aliphatic carbocycles. The zero-order chi connectivity index (χ0) is 15.8. The van der Waals surface area contributed by atoms with Gasteiger partial charge in [-0.3, -0.25) is 9.59 Å². The van der Waals surface area contributed by atoms with E-state index in [1.165, 1.54) is 0 Å². The topological polar surface area (TPSA) is 55.2 Å². The van der Waals surface area contributed by atoms with Gasteiger partial charge in [-0.2, -0.15) is 5.10 Å². The number of nitrogens with zero attached hydrogens (tertiary/aromatic N) is 3. The van der Waals surface area contributed by atoms with E-state index in [1.807, 2.05) is 4.90 Å². The van der Waals surface area contributed by atoms with Crippen LogP contribution < -0.4 is 5.56 Å². The van der Waals surface area contributed by atoms with Crippen LogP contribution in [0.25, 0.3) is 0 Å². The Balaban J connectivity index is 1.51. The molecular weight excluding hydrogens is 290 g/mol. The summed E-state index contributed by atoms with van der Waals surface area (Å²) in [6, 6.07) is 1.87. The first-order chi connectivity index (χ1) is 11.2. The molecule has 4 rings (SSSR count). The van der Waals surface area contributed by atoms with E-state index in [4.69, 9.17) is 0 Å². The van der Waals surface area contributed by atoms with Crippen molar-refractivity contribution in [2.45, 2.75) is 57.5 Å². The Morgan fingerprint density at radius 1 is 1.22 bits per heavy atom. The molecule has 5 heteroatoms. The van der Waals surface area contributed by atoms with Gasteiger partial charge in [0.2, 0.25) is 5.91 Å². The van der Waals surface area contributed by atoms with E-state index < -0.39 is 0 Å². The monoisotopic (exact) mass is 313 g/mol. The van der Waals surface area contributed by atoms with Crippen molar-refractivity contribution in [3.8, 4) is 0 Å². The lowest BCUT2D eigenvalue weighted by Gasteiger charge is -2.27. The summed E-state index contributed by atoms with van der Waals surface area (Å²) < 4.78 is 1.59. The number of hydrogen-bond donors (Lipinski definition) is 0. The van der Waals surface area contributed by atoms with E-state index in [1.54, 1.807) is 10.7 Å².